The van der Waals surface area contributed by atoms with Crippen LogP contribution in [0.15, 0.2) is 30.3 Å². The molecule has 1 unspecified atom stereocenters. The Morgan fingerprint density at radius 2 is 1.67 bits per heavy atom. The van der Waals surface area contributed by atoms with Gasteiger partial charge in [0.05, 0.1) is 4.83 Å². The Labute approximate surface area is 142 Å². The molecule has 0 radical (unpaired) electrons. The summed E-state index contributed by atoms with van der Waals surface area (Å²) in [7, 11) is 0. The standard InChI is InChI=1S/C16H13BrCl2O2/c1-9-2-3-10(6-12(9)18)16(17)11-7-14-15(8-13(11)19)21-5-4-20-14/h2-3,6-8,16H,4-5H2,1H3. The molecule has 2 aromatic carbocycles. The number of fused-ring (bicyclic) bond motifs is 1. The van der Waals surface area contributed by atoms with E-state index in [0.29, 0.717) is 24.0 Å². The largest absolute Gasteiger partial charge is 0.486 e. The second-order valence-electron chi connectivity index (χ2n) is 4.89. The average molecular weight is 388 g/mol. The van der Waals surface area contributed by atoms with Crippen LogP contribution < -0.4 is 9.47 Å². The van der Waals surface area contributed by atoms with Crippen LogP contribution in [0, 0.1) is 6.92 Å². The van der Waals surface area contributed by atoms with E-state index in [1.54, 1.807) is 6.07 Å². The molecule has 0 spiro atoms. The highest BCUT2D eigenvalue weighted by Crippen LogP contribution is 2.42. The number of aryl methyl sites for hydroxylation is 1. The smallest absolute Gasteiger partial charge is 0.162 e. The molecule has 0 aromatic heterocycles. The van der Waals surface area contributed by atoms with Crippen LogP contribution in [-0.2, 0) is 0 Å². The van der Waals surface area contributed by atoms with Gasteiger partial charge in [-0.1, -0.05) is 51.3 Å². The molecule has 110 valence electrons. The van der Waals surface area contributed by atoms with Crippen LogP contribution in [0.4, 0.5) is 0 Å². The van der Waals surface area contributed by atoms with E-state index in [4.69, 9.17) is 32.7 Å². The number of alkyl halides is 1. The third-order valence-corrected chi connectivity index (χ3v) is 5.18. The molecule has 0 bridgehead atoms. The van der Waals surface area contributed by atoms with Gasteiger partial charge in [-0.25, -0.2) is 0 Å². The first kappa shape index (κ1) is 15.0. The highest BCUT2D eigenvalue weighted by atomic mass is 79.9. The molecule has 1 atom stereocenters. The molecule has 2 aromatic rings. The summed E-state index contributed by atoms with van der Waals surface area (Å²) in [5.74, 6) is 1.42. The highest BCUT2D eigenvalue weighted by molar-refractivity contribution is 9.09. The van der Waals surface area contributed by atoms with Crippen LogP contribution in [0.5, 0.6) is 11.5 Å². The van der Waals surface area contributed by atoms with E-state index in [9.17, 15) is 0 Å². The molecular formula is C16H13BrCl2O2. The topological polar surface area (TPSA) is 18.5 Å². The molecule has 3 rings (SSSR count). The number of ether oxygens (including phenoxy) is 2. The summed E-state index contributed by atoms with van der Waals surface area (Å²) in [6.45, 7) is 3.08. The molecule has 5 heteroatoms. The maximum absolute atomic E-state index is 6.38. The molecule has 0 saturated carbocycles. The summed E-state index contributed by atoms with van der Waals surface area (Å²) in [5.41, 5.74) is 3.03. The lowest BCUT2D eigenvalue weighted by molar-refractivity contribution is 0.171. The van der Waals surface area contributed by atoms with Gasteiger partial charge in [0.25, 0.3) is 0 Å². The van der Waals surface area contributed by atoms with Gasteiger partial charge >= 0.3 is 0 Å². The fourth-order valence-corrected chi connectivity index (χ4v) is 3.47. The fraction of sp³-hybridized carbons (Fsp3) is 0.250. The highest BCUT2D eigenvalue weighted by Gasteiger charge is 2.20. The number of halogens is 3. The lowest BCUT2D eigenvalue weighted by atomic mass is 10.0. The molecule has 1 heterocycles. The van der Waals surface area contributed by atoms with Crippen LogP contribution in [0.3, 0.4) is 0 Å². The van der Waals surface area contributed by atoms with Crippen molar-refractivity contribution in [3.8, 4) is 11.5 Å². The van der Waals surface area contributed by atoms with Gasteiger partial charge in [-0.2, -0.15) is 0 Å². The Balaban J connectivity index is 2.00. The fourth-order valence-electron chi connectivity index (χ4n) is 2.22. The molecule has 0 N–H and O–H groups in total. The lowest BCUT2D eigenvalue weighted by Crippen LogP contribution is -2.15. The second kappa shape index (κ2) is 6.07. The number of rotatable bonds is 2. The van der Waals surface area contributed by atoms with Gasteiger partial charge in [0.15, 0.2) is 11.5 Å². The maximum Gasteiger partial charge on any atom is 0.162 e. The normalized spacial score (nSPS) is 14.9. The summed E-state index contributed by atoms with van der Waals surface area (Å²) in [5, 5.41) is 1.38. The van der Waals surface area contributed by atoms with E-state index >= 15 is 0 Å². The van der Waals surface area contributed by atoms with Crippen molar-refractivity contribution in [1.82, 2.24) is 0 Å². The Morgan fingerprint density at radius 1 is 1.00 bits per heavy atom. The van der Waals surface area contributed by atoms with Crippen molar-refractivity contribution in [2.24, 2.45) is 0 Å². The predicted molar refractivity (Wildman–Crippen MR) is 89.4 cm³/mol. The Hall–Kier alpha value is -0.900. The molecule has 21 heavy (non-hydrogen) atoms. The molecule has 2 nitrogen and oxygen atoms in total. The first-order chi connectivity index (χ1) is 10.1. The third-order valence-electron chi connectivity index (χ3n) is 3.42. The Bertz CT molecular complexity index is 688. The maximum atomic E-state index is 6.38. The van der Waals surface area contributed by atoms with E-state index in [1.165, 1.54) is 0 Å². The van der Waals surface area contributed by atoms with E-state index in [2.05, 4.69) is 15.9 Å². The lowest BCUT2D eigenvalue weighted by Gasteiger charge is -2.21. The van der Waals surface area contributed by atoms with Gasteiger partial charge in [-0.05, 0) is 35.7 Å². The molecule has 0 amide bonds. The van der Waals surface area contributed by atoms with Gasteiger partial charge < -0.3 is 9.47 Å². The first-order valence-corrected chi connectivity index (χ1v) is 8.22. The SMILES string of the molecule is Cc1ccc(C(Br)c2cc3c(cc2Cl)OCCO3)cc1Cl. The van der Waals surface area contributed by atoms with Gasteiger partial charge in [0, 0.05) is 16.1 Å². The van der Waals surface area contributed by atoms with Crippen LogP contribution >= 0.6 is 39.1 Å². The monoisotopic (exact) mass is 386 g/mol. The summed E-state index contributed by atoms with van der Waals surface area (Å²) >= 11 is 16.3. The quantitative estimate of drug-likeness (QED) is 0.628. The van der Waals surface area contributed by atoms with E-state index < -0.39 is 0 Å². The molecule has 1 aliphatic heterocycles. The van der Waals surface area contributed by atoms with Gasteiger partial charge in [0.2, 0.25) is 0 Å². The zero-order valence-electron chi connectivity index (χ0n) is 11.3. The van der Waals surface area contributed by atoms with Crippen LogP contribution in [0.2, 0.25) is 10.0 Å². The van der Waals surface area contributed by atoms with Crippen molar-refractivity contribution in [2.75, 3.05) is 13.2 Å². The molecule has 1 aliphatic rings. The van der Waals surface area contributed by atoms with E-state index in [0.717, 1.165) is 27.5 Å². The van der Waals surface area contributed by atoms with Gasteiger partial charge in [-0.3, -0.25) is 0 Å². The summed E-state index contributed by atoms with van der Waals surface area (Å²) in [4.78, 5) is -0.0565. The van der Waals surface area contributed by atoms with E-state index in [1.807, 2.05) is 31.2 Å². The predicted octanol–water partition coefficient (Wildman–Crippen LogP) is 5.56. The van der Waals surface area contributed by atoms with Crippen LogP contribution in [0.25, 0.3) is 0 Å². The van der Waals surface area contributed by atoms with Crippen LogP contribution in [-0.4, -0.2) is 13.2 Å². The number of hydrogen-bond acceptors (Lipinski definition) is 2. The Morgan fingerprint density at radius 3 is 2.33 bits per heavy atom. The minimum atomic E-state index is -0.0565. The molecule has 0 fully saturated rings. The Kier molecular flexibility index (Phi) is 4.34. The third kappa shape index (κ3) is 3.01. The number of benzene rings is 2. The second-order valence-corrected chi connectivity index (χ2v) is 6.62. The van der Waals surface area contributed by atoms with Gasteiger partial charge in [0.1, 0.15) is 13.2 Å². The van der Waals surface area contributed by atoms with Gasteiger partial charge in [-0.15, -0.1) is 0 Å². The van der Waals surface area contributed by atoms with Crippen molar-refractivity contribution in [3.63, 3.8) is 0 Å². The van der Waals surface area contributed by atoms with Crippen LogP contribution in [0.1, 0.15) is 21.5 Å². The van der Waals surface area contributed by atoms with Crippen molar-refractivity contribution in [2.45, 2.75) is 11.8 Å². The average Bonchev–Trinajstić information content (AvgIpc) is 2.48. The number of hydrogen-bond donors (Lipinski definition) is 0. The molecule has 0 aliphatic carbocycles. The zero-order valence-corrected chi connectivity index (χ0v) is 14.4. The van der Waals surface area contributed by atoms with Crippen molar-refractivity contribution >= 4 is 39.1 Å². The van der Waals surface area contributed by atoms with Crippen molar-refractivity contribution < 1.29 is 9.47 Å². The summed E-state index contributed by atoms with van der Waals surface area (Å²) < 4.78 is 11.2. The van der Waals surface area contributed by atoms with Crippen molar-refractivity contribution in [1.29, 1.82) is 0 Å². The minimum Gasteiger partial charge on any atom is -0.486 e. The molecular weight excluding hydrogens is 375 g/mol. The first-order valence-electron chi connectivity index (χ1n) is 6.55. The summed E-state index contributed by atoms with van der Waals surface area (Å²) in [6, 6.07) is 9.70. The van der Waals surface area contributed by atoms with E-state index in [-0.39, 0.29) is 4.83 Å². The summed E-state index contributed by atoms with van der Waals surface area (Å²) in [6.07, 6.45) is 0. The van der Waals surface area contributed by atoms with Crippen molar-refractivity contribution in [3.05, 3.63) is 57.1 Å². The zero-order chi connectivity index (χ0) is 15.0. The molecule has 0 saturated heterocycles. The minimum absolute atomic E-state index is 0.0565.